The average Bonchev–Trinajstić information content (AvgIpc) is 2.71. The van der Waals surface area contributed by atoms with Gasteiger partial charge < -0.3 is 9.72 Å². The highest BCUT2D eigenvalue weighted by Crippen LogP contribution is 2.25. The van der Waals surface area contributed by atoms with E-state index in [1.165, 1.54) is 16.7 Å². The topological polar surface area (TPSA) is 81.2 Å². The number of hydrogen-bond acceptors (Lipinski definition) is 4. The Morgan fingerprint density at radius 2 is 1.53 bits per heavy atom. The molecule has 0 spiro atoms. The van der Waals surface area contributed by atoms with Crippen LogP contribution in [0.15, 0.2) is 58.1 Å². The van der Waals surface area contributed by atoms with Crippen molar-refractivity contribution in [3.8, 4) is 0 Å². The van der Waals surface area contributed by atoms with Crippen molar-refractivity contribution in [2.24, 2.45) is 0 Å². The first-order valence-electron chi connectivity index (χ1n) is 9.32. The van der Waals surface area contributed by atoms with E-state index in [0.29, 0.717) is 36.5 Å². The lowest BCUT2D eigenvalue weighted by Crippen LogP contribution is -2.25. The summed E-state index contributed by atoms with van der Waals surface area (Å²) in [7, 11) is 0. The number of benzene rings is 2. The van der Waals surface area contributed by atoms with Crippen LogP contribution in [-0.2, 0) is 16.1 Å². The number of H-pyrrole nitrogens is 1. The van der Waals surface area contributed by atoms with Gasteiger partial charge in [-0.25, -0.2) is 0 Å². The summed E-state index contributed by atoms with van der Waals surface area (Å²) in [4.78, 5) is 37.1. The van der Waals surface area contributed by atoms with E-state index in [0.717, 1.165) is 5.39 Å². The smallest absolute Gasteiger partial charge is 0.326 e. The lowest BCUT2D eigenvalue weighted by atomic mass is 10.2. The van der Waals surface area contributed by atoms with Crippen molar-refractivity contribution in [3.05, 3.63) is 89.3 Å². The van der Waals surface area contributed by atoms with Crippen LogP contribution in [0, 0.1) is 0 Å². The zero-order chi connectivity index (χ0) is 23.4. The molecule has 166 valence electrons. The van der Waals surface area contributed by atoms with Gasteiger partial charge in [0.1, 0.15) is 6.54 Å². The Hall–Kier alpha value is -2.51. The van der Waals surface area contributed by atoms with Crippen molar-refractivity contribution >= 4 is 74.2 Å². The van der Waals surface area contributed by atoms with Gasteiger partial charge in [-0.3, -0.25) is 19.0 Å². The molecule has 4 aromatic rings. The minimum atomic E-state index is -0.479. The Morgan fingerprint density at radius 3 is 2.22 bits per heavy atom. The highest BCUT2D eigenvalue weighted by molar-refractivity contribution is 6.36. The first-order valence-corrected chi connectivity index (χ1v) is 10.8. The number of esters is 1. The number of pyridine rings is 2. The quantitative estimate of drug-likeness (QED) is 0.356. The molecule has 0 saturated carbocycles. The van der Waals surface area contributed by atoms with Crippen LogP contribution in [0.4, 0.5) is 0 Å². The summed E-state index contributed by atoms with van der Waals surface area (Å²) >= 11 is 23.5. The second-order valence-corrected chi connectivity index (χ2v) is 8.24. The zero-order valence-electron chi connectivity index (χ0n) is 16.6. The van der Waals surface area contributed by atoms with Crippen molar-refractivity contribution in [1.29, 1.82) is 0 Å². The summed E-state index contributed by atoms with van der Waals surface area (Å²) in [5, 5.41) is 3.27. The fourth-order valence-corrected chi connectivity index (χ4v) is 3.86. The van der Waals surface area contributed by atoms with Gasteiger partial charge >= 0.3 is 5.97 Å². The maximum atomic E-state index is 11.9. The summed E-state index contributed by atoms with van der Waals surface area (Å²) in [5.74, 6) is -0.479. The molecule has 0 saturated heterocycles. The van der Waals surface area contributed by atoms with Crippen molar-refractivity contribution in [1.82, 2.24) is 9.55 Å². The molecule has 0 aliphatic carbocycles. The lowest BCUT2D eigenvalue weighted by molar-refractivity contribution is -0.143. The molecular weight excluding hydrogens is 498 g/mol. The summed E-state index contributed by atoms with van der Waals surface area (Å²) in [6.45, 7) is 1.80. The molecule has 0 fully saturated rings. The molecule has 0 aliphatic rings. The molecule has 32 heavy (non-hydrogen) atoms. The molecule has 6 nitrogen and oxygen atoms in total. The molecule has 0 unspecified atom stereocenters. The number of nitrogens with one attached hydrogen (secondary N) is 1. The predicted octanol–water partition coefficient (Wildman–Crippen LogP) is 5.71. The SMILES string of the molecule is CCOC(=O)Cn1c(=O)cc(Cl)c2ccc(Cl)cc21.O=c1cc(Cl)c2ccc(Cl)cc2[nH]1. The third kappa shape index (κ3) is 5.64. The number of ether oxygens (including phenoxy) is 1. The molecule has 2 aromatic carbocycles. The number of aromatic nitrogens is 2. The van der Waals surface area contributed by atoms with Crippen molar-refractivity contribution in [3.63, 3.8) is 0 Å². The van der Waals surface area contributed by atoms with E-state index < -0.39 is 5.97 Å². The van der Waals surface area contributed by atoms with Gasteiger partial charge in [0.25, 0.3) is 5.56 Å². The molecule has 2 heterocycles. The van der Waals surface area contributed by atoms with E-state index in [1.54, 1.807) is 43.3 Å². The van der Waals surface area contributed by atoms with Crippen LogP contribution in [0.2, 0.25) is 20.1 Å². The van der Waals surface area contributed by atoms with Crippen LogP contribution in [0.1, 0.15) is 6.92 Å². The summed E-state index contributed by atoms with van der Waals surface area (Å²) in [6.07, 6.45) is 0. The average molecular weight is 514 g/mol. The molecule has 0 bridgehead atoms. The Bertz CT molecular complexity index is 1430. The van der Waals surface area contributed by atoms with E-state index in [-0.39, 0.29) is 24.3 Å². The Morgan fingerprint density at radius 1 is 0.906 bits per heavy atom. The standard InChI is InChI=1S/C13H11Cl2NO3.C9H5Cl2NO/c1-2-19-13(18)7-16-11-5-8(14)3-4-9(11)10(15)6-12(16)17;10-5-1-2-6-7(11)4-9(13)12-8(6)3-5/h3-6H,2,7H2,1H3;1-4H,(H,12,13). The maximum absolute atomic E-state index is 11.9. The third-order valence-electron chi connectivity index (χ3n) is 4.37. The fraction of sp³-hybridized carbons (Fsp3) is 0.136. The molecular formula is C22H16Cl4N2O4. The summed E-state index contributed by atoms with van der Waals surface area (Å²) in [5.41, 5.74) is 0.579. The highest BCUT2D eigenvalue weighted by atomic mass is 35.5. The van der Waals surface area contributed by atoms with Crippen molar-refractivity contribution < 1.29 is 9.53 Å². The number of hydrogen-bond donors (Lipinski definition) is 1. The maximum Gasteiger partial charge on any atom is 0.326 e. The zero-order valence-corrected chi connectivity index (χ0v) is 19.6. The normalized spacial score (nSPS) is 10.7. The van der Waals surface area contributed by atoms with Gasteiger partial charge in [0.15, 0.2) is 0 Å². The van der Waals surface area contributed by atoms with E-state index in [2.05, 4.69) is 4.98 Å². The molecule has 0 aliphatic heterocycles. The van der Waals surface area contributed by atoms with Crippen LogP contribution in [0.5, 0.6) is 0 Å². The molecule has 0 radical (unpaired) electrons. The molecule has 10 heteroatoms. The number of rotatable bonds is 3. The Kier molecular flexibility index (Phi) is 7.85. The number of aromatic amines is 1. The van der Waals surface area contributed by atoms with Crippen molar-refractivity contribution in [2.75, 3.05) is 6.61 Å². The van der Waals surface area contributed by atoms with Gasteiger partial charge in [0, 0.05) is 33.0 Å². The van der Waals surface area contributed by atoms with Crippen LogP contribution in [-0.4, -0.2) is 22.1 Å². The second-order valence-electron chi connectivity index (χ2n) is 6.55. The van der Waals surface area contributed by atoms with Crippen LogP contribution < -0.4 is 11.1 Å². The first kappa shape index (κ1) is 24.1. The number of fused-ring (bicyclic) bond motifs is 2. The highest BCUT2D eigenvalue weighted by Gasteiger charge is 2.12. The lowest BCUT2D eigenvalue weighted by Gasteiger charge is -2.11. The van der Waals surface area contributed by atoms with Gasteiger partial charge in [-0.05, 0) is 43.3 Å². The number of carbonyl (C=O) groups is 1. The van der Waals surface area contributed by atoms with Gasteiger partial charge in [-0.2, -0.15) is 0 Å². The fourth-order valence-electron chi connectivity index (χ4n) is 3.00. The minimum absolute atomic E-state index is 0.166. The molecule has 0 atom stereocenters. The van der Waals surface area contributed by atoms with E-state index in [1.807, 2.05) is 0 Å². The van der Waals surface area contributed by atoms with Gasteiger partial charge in [-0.15, -0.1) is 0 Å². The van der Waals surface area contributed by atoms with E-state index in [4.69, 9.17) is 51.1 Å². The third-order valence-corrected chi connectivity index (χ3v) is 5.47. The van der Waals surface area contributed by atoms with Crippen molar-refractivity contribution in [2.45, 2.75) is 13.5 Å². The molecule has 2 aromatic heterocycles. The second kappa shape index (κ2) is 10.4. The summed E-state index contributed by atoms with van der Waals surface area (Å²) in [6, 6.07) is 12.8. The number of halogens is 4. The Balaban J connectivity index is 0.000000193. The molecule has 4 rings (SSSR count). The number of carbonyl (C=O) groups excluding carboxylic acids is 1. The minimum Gasteiger partial charge on any atom is -0.465 e. The van der Waals surface area contributed by atoms with Crippen LogP contribution in [0.3, 0.4) is 0 Å². The number of nitrogens with zero attached hydrogens (tertiary/aromatic N) is 1. The van der Waals surface area contributed by atoms with E-state index in [9.17, 15) is 14.4 Å². The van der Waals surface area contributed by atoms with Crippen LogP contribution >= 0.6 is 46.4 Å². The predicted molar refractivity (Wildman–Crippen MR) is 129 cm³/mol. The monoisotopic (exact) mass is 512 g/mol. The van der Waals surface area contributed by atoms with Crippen LogP contribution in [0.25, 0.3) is 21.8 Å². The molecule has 1 N–H and O–H groups in total. The summed E-state index contributed by atoms with van der Waals surface area (Å²) < 4.78 is 6.14. The van der Waals surface area contributed by atoms with Gasteiger partial charge in [0.2, 0.25) is 5.56 Å². The van der Waals surface area contributed by atoms with Gasteiger partial charge in [-0.1, -0.05) is 46.4 Å². The Labute approximate surface area is 202 Å². The molecule has 0 amide bonds. The van der Waals surface area contributed by atoms with Gasteiger partial charge in [0.05, 0.1) is 27.7 Å². The first-order chi connectivity index (χ1) is 15.2. The largest absolute Gasteiger partial charge is 0.465 e. The van der Waals surface area contributed by atoms with E-state index >= 15 is 0 Å².